The molecule has 1 amide bonds. The first-order valence-electron chi connectivity index (χ1n) is 8.50. The van der Waals surface area contributed by atoms with Gasteiger partial charge >= 0.3 is 0 Å². The van der Waals surface area contributed by atoms with Crippen LogP contribution in [0, 0.1) is 12.8 Å². The Bertz CT molecular complexity index is 717. The minimum Gasteiger partial charge on any atom is -0.439 e. The van der Waals surface area contributed by atoms with Crippen molar-refractivity contribution in [1.29, 1.82) is 0 Å². The van der Waals surface area contributed by atoms with Crippen LogP contribution in [0.3, 0.4) is 0 Å². The molecule has 24 heavy (non-hydrogen) atoms. The van der Waals surface area contributed by atoms with Crippen molar-refractivity contribution in [3.8, 4) is 11.6 Å². The molecular weight excluding hydrogens is 304 g/mol. The average Bonchev–Trinajstić information content (AvgIpc) is 3.01. The van der Waals surface area contributed by atoms with Crippen LogP contribution in [0.1, 0.15) is 29.0 Å². The summed E-state index contributed by atoms with van der Waals surface area (Å²) in [5, 5.41) is 3.20. The Balaban J connectivity index is 1.38. The van der Waals surface area contributed by atoms with Crippen molar-refractivity contribution in [2.75, 3.05) is 19.6 Å². The lowest BCUT2D eigenvalue weighted by Crippen LogP contribution is -2.57. The highest BCUT2D eigenvalue weighted by molar-refractivity contribution is 5.94. The number of rotatable bonds is 4. The third kappa shape index (κ3) is 3.14. The Morgan fingerprint density at radius 1 is 1.29 bits per heavy atom. The van der Waals surface area contributed by atoms with Crippen molar-refractivity contribution >= 4 is 5.91 Å². The number of hydrogen-bond acceptors (Lipinski definition) is 4. The van der Waals surface area contributed by atoms with Gasteiger partial charge in [0, 0.05) is 18.2 Å². The van der Waals surface area contributed by atoms with Gasteiger partial charge < -0.3 is 19.9 Å². The molecule has 2 bridgehead atoms. The normalized spacial score (nSPS) is 25.5. The number of imidazole rings is 1. The maximum Gasteiger partial charge on any atom is 0.251 e. The number of piperidine rings is 3. The van der Waals surface area contributed by atoms with Gasteiger partial charge in [0.2, 0.25) is 5.88 Å². The highest BCUT2D eigenvalue weighted by atomic mass is 16.5. The lowest BCUT2D eigenvalue weighted by atomic mass is 9.84. The number of fused-ring (bicyclic) bond motifs is 3. The lowest BCUT2D eigenvalue weighted by Gasteiger charge is -2.44. The van der Waals surface area contributed by atoms with Crippen LogP contribution in [0.15, 0.2) is 30.5 Å². The molecule has 4 heterocycles. The van der Waals surface area contributed by atoms with E-state index in [0.717, 1.165) is 12.4 Å². The van der Waals surface area contributed by atoms with E-state index in [-0.39, 0.29) is 11.9 Å². The number of amides is 1. The molecule has 3 fully saturated rings. The molecule has 126 valence electrons. The van der Waals surface area contributed by atoms with Crippen LogP contribution in [-0.2, 0) is 0 Å². The average molecular weight is 326 g/mol. The van der Waals surface area contributed by atoms with Crippen LogP contribution < -0.4 is 10.1 Å². The van der Waals surface area contributed by atoms with E-state index < -0.39 is 0 Å². The summed E-state index contributed by atoms with van der Waals surface area (Å²) in [6, 6.07) is 7.50. The molecule has 1 atom stereocenters. The molecule has 2 aromatic rings. The molecule has 0 aliphatic carbocycles. The third-order valence-corrected chi connectivity index (χ3v) is 5.00. The van der Waals surface area contributed by atoms with Crippen LogP contribution >= 0.6 is 0 Å². The van der Waals surface area contributed by atoms with Gasteiger partial charge in [-0.1, -0.05) is 0 Å². The minimum atomic E-state index is -0.00214. The Morgan fingerprint density at radius 2 is 2.04 bits per heavy atom. The zero-order valence-electron chi connectivity index (χ0n) is 13.8. The van der Waals surface area contributed by atoms with Crippen LogP contribution in [0.5, 0.6) is 11.6 Å². The molecule has 0 unspecified atom stereocenters. The van der Waals surface area contributed by atoms with Gasteiger partial charge in [0.15, 0.2) is 0 Å². The highest BCUT2D eigenvalue weighted by Crippen LogP contribution is 2.27. The number of carbonyl (C=O) groups is 1. The number of aryl methyl sites for hydroxylation is 1. The summed E-state index contributed by atoms with van der Waals surface area (Å²) < 4.78 is 5.67. The van der Waals surface area contributed by atoms with Crippen LogP contribution in [0.4, 0.5) is 0 Å². The predicted octanol–water partition coefficient (Wildman–Crippen LogP) is 2.33. The fourth-order valence-corrected chi connectivity index (χ4v) is 3.63. The Hall–Kier alpha value is -2.34. The summed E-state index contributed by atoms with van der Waals surface area (Å²) in [5.74, 6) is 2.70. The molecule has 3 saturated heterocycles. The molecule has 2 N–H and O–H groups in total. The third-order valence-electron chi connectivity index (χ3n) is 5.00. The Kier molecular flexibility index (Phi) is 3.98. The summed E-state index contributed by atoms with van der Waals surface area (Å²) in [7, 11) is 0. The molecular formula is C18H22N4O2. The molecule has 1 aromatic carbocycles. The number of hydrogen-bond donors (Lipinski definition) is 2. The summed E-state index contributed by atoms with van der Waals surface area (Å²) in [6.45, 7) is 5.21. The molecule has 3 aliphatic rings. The van der Waals surface area contributed by atoms with E-state index in [9.17, 15) is 4.79 Å². The maximum atomic E-state index is 12.5. The van der Waals surface area contributed by atoms with Crippen molar-refractivity contribution in [3.63, 3.8) is 0 Å². The SMILES string of the molecule is Cc1ncc(Oc2ccc(C(=O)N[C@H]3CN4CCC3CC4)cc2)[nH]1. The molecule has 0 spiro atoms. The summed E-state index contributed by atoms with van der Waals surface area (Å²) >= 11 is 0. The standard InChI is InChI=1S/C18H22N4O2/c1-12-19-10-17(20-12)24-15-4-2-14(3-5-15)18(23)21-16-11-22-8-6-13(16)7-9-22/h2-5,10,13,16H,6-9,11H2,1H3,(H,19,20)(H,21,23)/t16-/m0/s1. The van der Waals surface area contributed by atoms with Crippen molar-refractivity contribution < 1.29 is 9.53 Å². The Morgan fingerprint density at radius 3 is 2.62 bits per heavy atom. The van der Waals surface area contributed by atoms with E-state index in [0.29, 0.717) is 23.1 Å². The largest absolute Gasteiger partial charge is 0.439 e. The number of ether oxygens (including phenoxy) is 1. The van der Waals surface area contributed by atoms with Crippen molar-refractivity contribution in [2.45, 2.75) is 25.8 Å². The minimum absolute atomic E-state index is 0.00214. The van der Waals surface area contributed by atoms with Gasteiger partial charge in [-0.3, -0.25) is 4.79 Å². The van der Waals surface area contributed by atoms with E-state index in [1.807, 2.05) is 19.1 Å². The molecule has 6 heteroatoms. The monoisotopic (exact) mass is 326 g/mol. The molecule has 0 radical (unpaired) electrons. The summed E-state index contributed by atoms with van der Waals surface area (Å²) in [6.07, 6.45) is 4.03. The number of nitrogens with one attached hydrogen (secondary N) is 2. The fraction of sp³-hybridized carbons (Fsp3) is 0.444. The number of H-pyrrole nitrogens is 1. The number of aromatic amines is 1. The van der Waals surface area contributed by atoms with E-state index in [4.69, 9.17) is 4.74 Å². The molecule has 0 saturated carbocycles. The second-order valence-electron chi connectivity index (χ2n) is 6.68. The first-order chi connectivity index (χ1) is 11.7. The van der Waals surface area contributed by atoms with E-state index in [1.54, 1.807) is 18.3 Å². The zero-order valence-corrected chi connectivity index (χ0v) is 13.8. The quantitative estimate of drug-likeness (QED) is 0.905. The second kappa shape index (κ2) is 6.28. The highest BCUT2D eigenvalue weighted by Gasteiger charge is 2.34. The number of aromatic nitrogens is 2. The lowest BCUT2D eigenvalue weighted by molar-refractivity contribution is 0.0620. The van der Waals surface area contributed by atoms with Gasteiger partial charge in [-0.25, -0.2) is 4.98 Å². The van der Waals surface area contributed by atoms with Gasteiger partial charge in [-0.2, -0.15) is 0 Å². The first kappa shape index (κ1) is 15.2. The molecule has 1 aromatic heterocycles. The van der Waals surface area contributed by atoms with Crippen molar-refractivity contribution in [2.24, 2.45) is 5.92 Å². The topological polar surface area (TPSA) is 70.2 Å². The zero-order chi connectivity index (χ0) is 16.5. The summed E-state index contributed by atoms with van der Waals surface area (Å²) in [4.78, 5) is 22.0. The van der Waals surface area contributed by atoms with E-state index >= 15 is 0 Å². The van der Waals surface area contributed by atoms with Gasteiger partial charge in [0.25, 0.3) is 5.91 Å². The predicted molar refractivity (Wildman–Crippen MR) is 90.3 cm³/mol. The summed E-state index contributed by atoms with van der Waals surface area (Å²) in [5.41, 5.74) is 0.666. The van der Waals surface area contributed by atoms with Crippen LogP contribution in [0.25, 0.3) is 0 Å². The van der Waals surface area contributed by atoms with Gasteiger partial charge in [-0.05, 0) is 63.0 Å². The van der Waals surface area contributed by atoms with Gasteiger partial charge in [0.1, 0.15) is 11.6 Å². The van der Waals surface area contributed by atoms with Crippen molar-refractivity contribution in [1.82, 2.24) is 20.2 Å². The van der Waals surface area contributed by atoms with E-state index in [1.165, 1.54) is 25.9 Å². The van der Waals surface area contributed by atoms with Gasteiger partial charge in [0.05, 0.1) is 6.20 Å². The molecule has 3 aliphatic heterocycles. The van der Waals surface area contributed by atoms with Crippen molar-refractivity contribution in [3.05, 3.63) is 41.9 Å². The second-order valence-corrected chi connectivity index (χ2v) is 6.68. The number of carbonyl (C=O) groups excluding carboxylic acids is 1. The molecule has 6 nitrogen and oxygen atoms in total. The number of nitrogens with zero attached hydrogens (tertiary/aromatic N) is 2. The Labute approximate surface area is 141 Å². The van der Waals surface area contributed by atoms with Crippen LogP contribution in [0.2, 0.25) is 0 Å². The van der Waals surface area contributed by atoms with Gasteiger partial charge in [-0.15, -0.1) is 0 Å². The first-order valence-corrected chi connectivity index (χ1v) is 8.50. The van der Waals surface area contributed by atoms with E-state index in [2.05, 4.69) is 20.2 Å². The molecule has 5 rings (SSSR count). The smallest absolute Gasteiger partial charge is 0.251 e. The fourth-order valence-electron chi connectivity index (χ4n) is 3.63. The maximum absolute atomic E-state index is 12.5. The van der Waals surface area contributed by atoms with Crippen LogP contribution in [-0.4, -0.2) is 46.5 Å². The number of benzene rings is 1.